The van der Waals surface area contributed by atoms with Crippen molar-refractivity contribution in [2.24, 2.45) is 4.99 Å². The molecule has 1 aromatic rings. The van der Waals surface area contributed by atoms with Crippen molar-refractivity contribution in [2.75, 3.05) is 26.9 Å². The molecular formula is C17H21NO5. The van der Waals surface area contributed by atoms with E-state index in [0.29, 0.717) is 31.1 Å². The minimum absolute atomic E-state index is 0.0989. The Bertz CT molecular complexity index is 581. The third kappa shape index (κ3) is 3.90. The SMILES string of the molecule is C=CC[C@]1(C(=O)OC)COC(c2ccc(OCCCO)cc2)=N1. The zero-order valence-corrected chi connectivity index (χ0v) is 13.2. The summed E-state index contributed by atoms with van der Waals surface area (Å²) in [6, 6.07) is 7.22. The van der Waals surface area contributed by atoms with Crippen LogP contribution in [0.4, 0.5) is 0 Å². The molecule has 0 aliphatic carbocycles. The molecule has 23 heavy (non-hydrogen) atoms. The molecule has 124 valence electrons. The van der Waals surface area contributed by atoms with Crippen LogP contribution in [0, 0.1) is 0 Å². The van der Waals surface area contributed by atoms with E-state index in [1.165, 1.54) is 7.11 Å². The Labute approximate surface area is 135 Å². The van der Waals surface area contributed by atoms with Gasteiger partial charge in [0.2, 0.25) is 5.90 Å². The molecule has 1 N–H and O–H groups in total. The van der Waals surface area contributed by atoms with Crippen molar-refractivity contribution in [1.29, 1.82) is 0 Å². The van der Waals surface area contributed by atoms with Gasteiger partial charge in [0.15, 0.2) is 5.54 Å². The summed E-state index contributed by atoms with van der Waals surface area (Å²) in [6.45, 7) is 4.35. The second kappa shape index (κ2) is 7.78. The van der Waals surface area contributed by atoms with Crippen molar-refractivity contribution < 1.29 is 24.1 Å². The largest absolute Gasteiger partial charge is 0.494 e. The lowest BCUT2D eigenvalue weighted by Crippen LogP contribution is -2.38. The molecule has 1 aliphatic heterocycles. The lowest BCUT2D eigenvalue weighted by atomic mass is 9.98. The fourth-order valence-corrected chi connectivity index (χ4v) is 2.26. The van der Waals surface area contributed by atoms with E-state index in [9.17, 15) is 4.79 Å². The molecule has 6 heteroatoms. The standard InChI is InChI=1S/C17H21NO5/c1-3-9-17(16(20)21-2)12-23-15(18-17)13-5-7-14(8-6-13)22-11-4-10-19/h3,5-8,19H,1,4,9-12H2,2H3/t17-/m1/s1. The topological polar surface area (TPSA) is 77.4 Å². The van der Waals surface area contributed by atoms with E-state index in [-0.39, 0.29) is 13.2 Å². The summed E-state index contributed by atoms with van der Waals surface area (Å²) >= 11 is 0. The monoisotopic (exact) mass is 319 g/mol. The number of hydrogen-bond donors (Lipinski definition) is 1. The number of carbonyl (C=O) groups excluding carboxylic acids is 1. The molecule has 1 heterocycles. The average Bonchev–Trinajstić information content (AvgIpc) is 3.01. The molecule has 0 saturated heterocycles. The molecular weight excluding hydrogens is 298 g/mol. The van der Waals surface area contributed by atoms with E-state index in [0.717, 1.165) is 5.56 Å². The summed E-state index contributed by atoms with van der Waals surface area (Å²) < 4.78 is 15.9. The molecule has 0 amide bonds. The second-order valence-corrected chi connectivity index (χ2v) is 5.17. The maximum atomic E-state index is 12.0. The first kappa shape index (κ1) is 17.0. The Kier molecular flexibility index (Phi) is 5.76. The van der Waals surface area contributed by atoms with Gasteiger partial charge in [-0.3, -0.25) is 0 Å². The van der Waals surface area contributed by atoms with Gasteiger partial charge in [-0.05, 0) is 24.3 Å². The van der Waals surface area contributed by atoms with Gasteiger partial charge in [0.05, 0.1) is 13.7 Å². The van der Waals surface area contributed by atoms with Crippen molar-refractivity contribution in [2.45, 2.75) is 18.4 Å². The minimum atomic E-state index is -1.05. The highest BCUT2D eigenvalue weighted by Gasteiger charge is 2.44. The molecule has 2 rings (SSSR count). The van der Waals surface area contributed by atoms with Crippen LogP contribution in [0.1, 0.15) is 18.4 Å². The van der Waals surface area contributed by atoms with Crippen molar-refractivity contribution in [3.8, 4) is 5.75 Å². The Morgan fingerprint density at radius 3 is 2.83 bits per heavy atom. The van der Waals surface area contributed by atoms with Crippen LogP contribution in [-0.2, 0) is 14.3 Å². The zero-order chi connectivity index (χ0) is 16.7. The number of aliphatic hydroxyl groups excluding tert-OH is 1. The van der Waals surface area contributed by atoms with E-state index in [1.54, 1.807) is 18.2 Å². The number of hydrogen-bond acceptors (Lipinski definition) is 6. The van der Waals surface area contributed by atoms with Crippen LogP contribution in [0.5, 0.6) is 5.75 Å². The Morgan fingerprint density at radius 1 is 1.48 bits per heavy atom. The van der Waals surface area contributed by atoms with Crippen LogP contribution in [0.15, 0.2) is 41.9 Å². The average molecular weight is 319 g/mol. The maximum Gasteiger partial charge on any atom is 0.337 e. The highest BCUT2D eigenvalue weighted by Crippen LogP contribution is 2.27. The quantitative estimate of drug-likeness (QED) is 0.448. The van der Waals surface area contributed by atoms with Gasteiger partial charge in [-0.2, -0.15) is 0 Å². The maximum absolute atomic E-state index is 12.0. The summed E-state index contributed by atoms with van der Waals surface area (Å²) in [5, 5.41) is 8.73. The van der Waals surface area contributed by atoms with E-state index < -0.39 is 11.5 Å². The fraction of sp³-hybridized carbons (Fsp3) is 0.412. The van der Waals surface area contributed by atoms with Gasteiger partial charge in [0, 0.05) is 25.0 Å². The molecule has 1 aliphatic rings. The zero-order valence-electron chi connectivity index (χ0n) is 13.2. The van der Waals surface area contributed by atoms with Crippen LogP contribution in [0.3, 0.4) is 0 Å². The van der Waals surface area contributed by atoms with Crippen molar-refractivity contribution in [1.82, 2.24) is 0 Å². The van der Waals surface area contributed by atoms with Gasteiger partial charge in [-0.25, -0.2) is 9.79 Å². The predicted octanol–water partition coefficient (Wildman–Crippen LogP) is 1.71. The number of esters is 1. The van der Waals surface area contributed by atoms with Crippen LogP contribution >= 0.6 is 0 Å². The third-order valence-electron chi connectivity index (χ3n) is 3.48. The van der Waals surface area contributed by atoms with Gasteiger partial charge < -0.3 is 19.3 Å². The smallest absolute Gasteiger partial charge is 0.337 e. The summed E-state index contributed by atoms with van der Waals surface area (Å²) in [4.78, 5) is 16.4. The molecule has 1 aromatic carbocycles. The number of carbonyl (C=O) groups is 1. The van der Waals surface area contributed by atoms with Crippen LogP contribution < -0.4 is 4.74 Å². The van der Waals surface area contributed by atoms with Crippen molar-refractivity contribution in [3.05, 3.63) is 42.5 Å². The van der Waals surface area contributed by atoms with E-state index in [4.69, 9.17) is 19.3 Å². The number of aliphatic imine (C=N–C) groups is 1. The molecule has 0 spiro atoms. The highest BCUT2D eigenvalue weighted by atomic mass is 16.5. The molecule has 0 unspecified atom stereocenters. The Balaban J connectivity index is 2.13. The number of methoxy groups -OCH3 is 1. The number of benzene rings is 1. The van der Waals surface area contributed by atoms with Crippen LogP contribution in [0.25, 0.3) is 0 Å². The lowest BCUT2D eigenvalue weighted by molar-refractivity contribution is -0.147. The van der Waals surface area contributed by atoms with Gasteiger partial charge in [0.1, 0.15) is 12.4 Å². The van der Waals surface area contributed by atoms with Crippen molar-refractivity contribution in [3.63, 3.8) is 0 Å². The second-order valence-electron chi connectivity index (χ2n) is 5.17. The summed E-state index contributed by atoms with van der Waals surface area (Å²) in [5.74, 6) is 0.668. The first-order valence-electron chi connectivity index (χ1n) is 7.41. The van der Waals surface area contributed by atoms with Crippen LogP contribution in [-0.4, -0.2) is 49.4 Å². The number of rotatable bonds is 8. The first-order valence-corrected chi connectivity index (χ1v) is 7.41. The normalized spacial score (nSPS) is 19.7. The van der Waals surface area contributed by atoms with Crippen molar-refractivity contribution >= 4 is 11.9 Å². The Hall–Kier alpha value is -2.34. The first-order chi connectivity index (χ1) is 11.1. The molecule has 0 radical (unpaired) electrons. The van der Waals surface area contributed by atoms with E-state index >= 15 is 0 Å². The number of aliphatic hydroxyl groups is 1. The van der Waals surface area contributed by atoms with Gasteiger partial charge in [-0.1, -0.05) is 6.08 Å². The highest BCUT2D eigenvalue weighted by molar-refractivity contribution is 5.99. The predicted molar refractivity (Wildman–Crippen MR) is 85.7 cm³/mol. The minimum Gasteiger partial charge on any atom is -0.494 e. The van der Waals surface area contributed by atoms with Crippen LogP contribution in [0.2, 0.25) is 0 Å². The van der Waals surface area contributed by atoms with Gasteiger partial charge in [-0.15, -0.1) is 6.58 Å². The number of ether oxygens (including phenoxy) is 3. The fourth-order valence-electron chi connectivity index (χ4n) is 2.26. The van der Waals surface area contributed by atoms with Gasteiger partial charge >= 0.3 is 5.97 Å². The molecule has 0 fully saturated rings. The number of nitrogens with zero attached hydrogens (tertiary/aromatic N) is 1. The molecule has 0 aromatic heterocycles. The third-order valence-corrected chi connectivity index (χ3v) is 3.48. The molecule has 0 saturated carbocycles. The molecule has 6 nitrogen and oxygen atoms in total. The van der Waals surface area contributed by atoms with E-state index in [1.807, 2.05) is 12.1 Å². The van der Waals surface area contributed by atoms with E-state index in [2.05, 4.69) is 11.6 Å². The summed E-state index contributed by atoms with van der Waals surface area (Å²) in [7, 11) is 1.33. The summed E-state index contributed by atoms with van der Waals surface area (Å²) in [5.41, 5.74) is -0.295. The Morgan fingerprint density at radius 2 is 2.22 bits per heavy atom. The molecule has 1 atom stereocenters. The lowest BCUT2D eigenvalue weighted by Gasteiger charge is -2.18. The molecule has 0 bridgehead atoms. The van der Waals surface area contributed by atoms with Gasteiger partial charge in [0.25, 0.3) is 0 Å². The summed E-state index contributed by atoms with van der Waals surface area (Å²) in [6.07, 6.45) is 2.57.